The number of pyridine rings is 1. The maximum absolute atomic E-state index is 13.1. The molecule has 2 saturated heterocycles. The van der Waals surface area contributed by atoms with Crippen molar-refractivity contribution in [1.29, 1.82) is 5.26 Å². The maximum Gasteiger partial charge on any atom is 0.321 e. The summed E-state index contributed by atoms with van der Waals surface area (Å²) in [7, 11) is 0. The molecule has 0 saturated carbocycles. The molecule has 8 nitrogen and oxygen atoms in total. The quantitative estimate of drug-likeness (QED) is 0.845. The van der Waals surface area contributed by atoms with E-state index < -0.39 is 0 Å². The van der Waals surface area contributed by atoms with Crippen LogP contribution in [0.4, 0.5) is 16.3 Å². The summed E-state index contributed by atoms with van der Waals surface area (Å²) in [6, 6.07) is 9.04. The van der Waals surface area contributed by atoms with Gasteiger partial charge in [0.2, 0.25) is 0 Å². The van der Waals surface area contributed by atoms with Crippen LogP contribution in [-0.2, 0) is 0 Å². The van der Waals surface area contributed by atoms with Crippen LogP contribution >= 0.6 is 0 Å². The number of aromatic nitrogens is 1. The second kappa shape index (κ2) is 8.03. The lowest BCUT2D eigenvalue weighted by molar-refractivity contribution is 0.0746. The zero-order chi connectivity index (χ0) is 21.3. The second-order valence-corrected chi connectivity index (χ2v) is 7.66. The number of carbonyl (C=O) groups excluding carboxylic acids is 2. The van der Waals surface area contributed by atoms with Crippen molar-refractivity contribution in [3.63, 3.8) is 0 Å². The summed E-state index contributed by atoms with van der Waals surface area (Å²) in [4.78, 5) is 35.1. The first-order valence-electron chi connectivity index (χ1n) is 10.0. The number of aryl methyl sites for hydroxylation is 2. The standard InChI is InChI=1S/C22H24N6O2/c1-15-11-16(2)20(25-14-15)26-7-9-27(10-8-26)21(29)19-4-3-18(12-17(19)13-23)28-6-5-24-22(28)30/h3-4,11-12,14H,5-10H2,1-2H3,(H,24,30). The van der Waals surface area contributed by atoms with E-state index in [1.54, 1.807) is 28.0 Å². The highest BCUT2D eigenvalue weighted by Gasteiger charge is 2.27. The molecule has 1 aromatic carbocycles. The Morgan fingerprint density at radius 1 is 1.13 bits per heavy atom. The smallest absolute Gasteiger partial charge is 0.321 e. The third kappa shape index (κ3) is 3.66. The van der Waals surface area contributed by atoms with Gasteiger partial charge in [0, 0.05) is 51.2 Å². The van der Waals surface area contributed by atoms with Crippen molar-refractivity contribution in [2.45, 2.75) is 13.8 Å². The van der Waals surface area contributed by atoms with E-state index in [0.717, 1.165) is 16.9 Å². The Hall–Kier alpha value is -3.60. The van der Waals surface area contributed by atoms with Crippen LogP contribution in [0.2, 0.25) is 0 Å². The van der Waals surface area contributed by atoms with Gasteiger partial charge in [-0.2, -0.15) is 5.26 Å². The first-order chi connectivity index (χ1) is 14.5. The largest absolute Gasteiger partial charge is 0.353 e. The Labute approximate surface area is 175 Å². The molecular weight excluding hydrogens is 380 g/mol. The summed E-state index contributed by atoms with van der Waals surface area (Å²) >= 11 is 0. The van der Waals surface area contributed by atoms with Gasteiger partial charge in [0.1, 0.15) is 11.9 Å². The van der Waals surface area contributed by atoms with E-state index in [-0.39, 0.29) is 17.5 Å². The van der Waals surface area contributed by atoms with Gasteiger partial charge < -0.3 is 15.1 Å². The minimum Gasteiger partial charge on any atom is -0.353 e. The number of hydrogen-bond donors (Lipinski definition) is 1. The van der Waals surface area contributed by atoms with Crippen molar-refractivity contribution in [3.8, 4) is 6.07 Å². The molecule has 2 aliphatic heterocycles. The number of rotatable bonds is 3. The van der Waals surface area contributed by atoms with Crippen LogP contribution < -0.4 is 15.1 Å². The molecule has 0 unspecified atom stereocenters. The van der Waals surface area contributed by atoms with E-state index in [4.69, 9.17) is 0 Å². The first kappa shape index (κ1) is 19.7. The second-order valence-electron chi connectivity index (χ2n) is 7.66. The molecule has 2 aliphatic rings. The first-order valence-corrected chi connectivity index (χ1v) is 10.0. The van der Waals surface area contributed by atoms with Gasteiger partial charge in [0.15, 0.2) is 0 Å². The van der Waals surface area contributed by atoms with Crippen LogP contribution in [-0.4, -0.2) is 61.1 Å². The van der Waals surface area contributed by atoms with Gasteiger partial charge in [-0.3, -0.25) is 9.69 Å². The van der Waals surface area contributed by atoms with Crippen LogP contribution in [0.15, 0.2) is 30.5 Å². The fourth-order valence-corrected chi connectivity index (χ4v) is 4.03. The lowest BCUT2D eigenvalue weighted by atomic mass is 10.0. The zero-order valence-electron chi connectivity index (χ0n) is 17.2. The molecule has 1 aromatic heterocycles. The summed E-state index contributed by atoms with van der Waals surface area (Å²) in [5.74, 6) is 0.802. The average molecular weight is 404 g/mol. The zero-order valence-corrected chi connectivity index (χ0v) is 17.2. The number of nitriles is 1. The predicted molar refractivity (Wildman–Crippen MR) is 114 cm³/mol. The topological polar surface area (TPSA) is 92.6 Å². The summed E-state index contributed by atoms with van der Waals surface area (Å²) < 4.78 is 0. The molecule has 4 rings (SSSR count). The molecule has 30 heavy (non-hydrogen) atoms. The molecule has 154 valence electrons. The summed E-state index contributed by atoms with van der Waals surface area (Å²) in [5, 5.41) is 12.3. The third-order valence-corrected chi connectivity index (χ3v) is 5.58. The summed E-state index contributed by atoms with van der Waals surface area (Å²) in [6.45, 7) is 7.70. The number of nitrogens with one attached hydrogen (secondary N) is 1. The van der Waals surface area contributed by atoms with Crippen LogP contribution in [0.1, 0.15) is 27.0 Å². The van der Waals surface area contributed by atoms with Gasteiger partial charge in [-0.15, -0.1) is 0 Å². The Balaban J connectivity index is 1.47. The number of amides is 3. The van der Waals surface area contributed by atoms with Crippen LogP contribution in [0, 0.1) is 25.2 Å². The minimum atomic E-state index is -0.186. The number of carbonyl (C=O) groups is 2. The summed E-state index contributed by atoms with van der Waals surface area (Å²) in [6.07, 6.45) is 1.86. The maximum atomic E-state index is 13.1. The third-order valence-electron chi connectivity index (χ3n) is 5.58. The van der Waals surface area contributed by atoms with E-state index in [0.29, 0.717) is 50.5 Å². The molecule has 0 bridgehead atoms. The highest BCUT2D eigenvalue weighted by Crippen LogP contribution is 2.24. The SMILES string of the molecule is Cc1cnc(N2CCN(C(=O)c3ccc(N4CCNC4=O)cc3C#N)CC2)c(C)c1. The van der Waals surface area contributed by atoms with Gasteiger partial charge in [-0.1, -0.05) is 6.07 Å². The van der Waals surface area contributed by atoms with Crippen molar-refractivity contribution in [3.05, 3.63) is 52.7 Å². The van der Waals surface area contributed by atoms with Crippen LogP contribution in [0.25, 0.3) is 0 Å². The normalized spacial score (nSPS) is 16.4. The Bertz CT molecular complexity index is 1040. The number of hydrogen-bond acceptors (Lipinski definition) is 5. The van der Waals surface area contributed by atoms with E-state index >= 15 is 0 Å². The molecule has 3 amide bonds. The molecular formula is C22H24N6O2. The lowest BCUT2D eigenvalue weighted by Gasteiger charge is -2.36. The van der Waals surface area contributed by atoms with Crippen LogP contribution in [0.3, 0.4) is 0 Å². The highest BCUT2D eigenvalue weighted by atomic mass is 16.2. The number of anilines is 2. The average Bonchev–Trinajstić information content (AvgIpc) is 3.19. The van der Waals surface area contributed by atoms with E-state index in [9.17, 15) is 14.9 Å². The van der Waals surface area contributed by atoms with Crippen molar-refractivity contribution in [2.24, 2.45) is 0 Å². The molecule has 1 N–H and O–H groups in total. The molecule has 2 aromatic rings. The van der Waals surface area contributed by atoms with E-state index in [1.807, 2.05) is 20.0 Å². The van der Waals surface area contributed by atoms with Gasteiger partial charge in [-0.25, -0.2) is 9.78 Å². The van der Waals surface area contributed by atoms with Crippen molar-refractivity contribution < 1.29 is 9.59 Å². The highest BCUT2D eigenvalue weighted by molar-refractivity contribution is 5.99. The van der Waals surface area contributed by atoms with Crippen LogP contribution in [0.5, 0.6) is 0 Å². The molecule has 0 atom stereocenters. The van der Waals surface area contributed by atoms with E-state index in [2.05, 4.69) is 27.3 Å². The van der Waals surface area contributed by atoms with Crippen molar-refractivity contribution in [1.82, 2.24) is 15.2 Å². The fraction of sp³-hybridized carbons (Fsp3) is 0.364. The number of benzene rings is 1. The van der Waals surface area contributed by atoms with Gasteiger partial charge >= 0.3 is 6.03 Å². The Morgan fingerprint density at radius 2 is 1.90 bits per heavy atom. The van der Waals surface area contributed by atoms with Gasteiger partial charge in [0.25, 0.3) is 5.91 Å². The monoisotopic (exact) mass is 404 g/mol. The Morgan fingerprint density at radius 3 is 2.53 bits per heavy atom. The molecule has 0 radical (unpaired) electrons. The van der Waals surface area contributed by atoms with Gasteiger partial charge in [-0.05, 0) is 43.2 Å². The number of piperazine rings is 1. The number of nitrogens with zero attached hydrogens (tertiary/aromatic N) is 5. The molecule has 0 aliphatic carbocycles. The molecule has 8 heteroatoms. The predicted octanol–water partition coefficient (Wildman–Crippen LogP) is 2.06. The number of urea groups is 1. The Kier molecular flexibility index (Phi) is 5.27. The van der Waals surface area contributed by atoms with Gasteiger partial charge in [0.05, 0.1) is 11.1 Å². The van der Waals surface area contributed by atoms with E-state index in [1.165, 1.54) is 0 Å². The minimum absolute atomic E-state index is 0.155. The fourth-order valence-electron chi connectivity index (χ4n) is 4.03. The molecule has 3 heterocycles. The summed E-state index contributed by atoms with van der Waals surface area (Å²) in [5.41, 5.74) is 3.55. The molecule has 2 fully saturated rings. The van der Waals surface area contributed by atoms with Crippen molar-refractivity contribution >= 4 is 23.4 Å². The van der Waals surface area contributed by atoms with Crippen molar-refractivity contribution in [2.75, 3.05) is 49.1 Å². The molecule has 0 spiro atoms. The lowest BCUT2D eigenvalue weighted by Crippen LogP contribution is -2.49.